The van der Waals surface area contributed by atoms with Crippen molar-refractivity contribution in [3.8, 4) is 0 Å². The second-order valence-electron chi connectivity index (χ2n) is 8.19. The summed E-state index contributed by atoms with van der Waals surface area (Å²) in [5.41, 5.74) is 3.29. The number of likely N-dealkylation sites (tertiary alicyclic amines) is 1. The van der Waals surface area contributed by atoms with Gasteiger partial charge in [0.1, 0.15) is 5.69 Å². The Hall–Kier alpha value is -2.64. The molecular formula is C20H26N6O2. The minimum atomic E-state index is -0.401. The first-order valence-corrected chi connectivity index (χ1v) is 10.3. The molecule has 0 radical (unpaired) electrons. The third-order valence-electron chi connectivity index (χ3n) is 6.58. The number of carbonyl (C=O) groups excluding carboxylic acids is 2. The summed E-state index contributed by atoms with van der Waals surface area (Å²) in [4.78, 5) is 37.3. The summed E-state index contributed by atoms with van der Waals surface area (Å²) in [5.74, 6) is 0.687. The van der Waals surface area contributed by atoms with E-state index in [4.69, 9.17) is 0 Å². The van der Waals surface area contributed by atoms with Gasteiger partial charge in [0.25, 0.3) is 5.91 Å². The Labute approximate surface area is 163 Å². The summed E-state index contributed by atoms with van der Waals surface area (Å²) in [6, 6.07) is 1.91. The number of aromatic nitrogens is 4. The highest BCUT2D eigenvalue weighted by atomic mass is 16.2. The Balaban J connectivity index is 1.37. The summed E-state index contributed by atoms with van der Waals surface area (Å²) >= 11 is 0. The Morgan fingerprint density at radius 1 is 1.25 bits per heavy atom. The fraction of sp³-hybridized carbons (Fsp3) is 0.600. The number of H-pyrrole nitrogens is 2. The van der Waals surface area contributed by atoms with Crippen molar-refractivity contribution in [3.63, 3.8) is 0 Å². The molecule has 28 heavy (non-hydrogen) atoms. The minimum absolute atomic E-state index is 0.0237. The maximum Gasteiger partial charge on any atom is 0.274 e. The van der Waals surface area contributed by atoms with Crippen LogP contribution < -0.4 is 0 Å². The molecule has 0 bridgehead atoms. The van der Waals surface area contributed by atoms with Gasteiger partial charge in [-0.1, -0.05) is 6.92 Å². The predicted molar refractivity (Wildman–Crippen MR) is 102 cm³/mol. The number of rotatable bonds is 3. The molecule has 1 saturated carbocycles. The molecule has 0 atom stereocenters. The zero-order valence-electron chi connectivity index (χ0n) is 16.2. The number of amides is 2. The number of nitrogens with zero attached hydrogens (tertiary/aromatic N) is 4. The summed E-state index contributed by atoms with van der Waals surface area (Å²) < 4.78 is 0. The molecule has 2 N–H and O–H groups in total. The van der Waals surface area contributed by atoms with Crippen LogP contribution in [0, 0.1) is 0 Å². The second kappa shape index (κ2) is 6.46. The van der Waals surface area contributed by atoms with E-state index in [-0.39, 0.29) is 11.8 Å². The van der Waals surface area contributed by atoms with Gasteiger partial charge in [0.05, 0.1) is 17.6 Å². The van der Waals surface area contributed by atoms with Gasteiger partial charge in [-0.15, -0.1) is 0 Å². The monoisotopic (exact) mass is 382 g/mol. The number of fused-ring (bicyclic) bond motifs is 2. The lowest BCUT2D eigenvalue weighted by Crippen LogP contribution is -2.58. The zero-order valence-corrected chi connectivity index (χ0v) is 16.2. The van der Waals surface area contributed by atoms with E-state index in [0.717, 1.165) is 23.5 Å². The molecule has 3 aliphatic rings. The molecule has 4 heterocycles. The second-order valence-corrected chi connectivity index (χ2v) is 8.19. The van der Waals surface area contributed by atoms with Gasteiger partial charge in [-0.05, 0) is 31.7 Å². The number of hydrogen-bond acceptors (Lipinski definition) is 4. The van der Waals surface area contributed by atoms with Crippen LogP contribution in [0.5, 0.6) is 0 Å². The van der Waals surface area contributed by atoms with E-state index in [1.807, 2.05) is 22.8 Å². The van der Waals surface area contributed by atoms with E-state index in [0.29, 0.717) is 50.5 Å². The third-order valence-corrected chi connectivity index (χ3v) is 6.58. The molecule has 2 aliphatic heterocycles. The van der Waals surface area contributed by atoms with Crippen LogP contribution in [0.4, 0.5) is 0 Å². The van der Waals surface area contributed by atoms with Gasteiger partial charge in [0.2, 0.25) is 5.91 Å². The van der Waals surface area contributed by atoms with Crippen LogP contribution in [0.2, 0.25) is 0 Å². The molecule has 2 fully saturated rings. The Morgan fingerprint density at radius 3 is 2.75 bits per heavy atom. The molecule has 0 unspecified atom stereocenters. The molecule has 5 rings (SSSR count). The number of imidazole rings is 1. The van der Waals surface area contributed by atoms with Crippen LogP contribution in [0.15, 0.2) is 12.4 Å². The summed E-state index contributed by atoms with van der Waals surface area (Å²) in [6.45, 7) is 3.82. The van der Waals surface area contributed by atoms with Crippen LogP contribution in [-0.4, -0.2) is 61.4 Å². The lowest BCUT2D eigenvalue weighted by molar-refractivity contribution is -0.141. The van der Waals surface area contributed by atoms with Gasteiger partial charge in [-0.2, -0.15) is 5.10 Å². The highest BCUT2D eigenvalue weighted by Crippen LogP contribution is 2.43. The summed E-state index contributed by atoms with van der Waals surface area (Å²) in [5, 5.41) is 7.26. The van der Waals surface area contributed by atoms with Gasteiger partial charge in [0, 0.05) is 49.8 Å². The quantitative estimate of drug-likeness (QED) is 0.847. The first-order chi connectivity index (χ1) is 13.6. The predicted octanol–water partition coefficient (Wildman–Crippen LogP) is 1.94. The van der Waals surface area contributed by atoms with Crippen LogP contribution in [0.1, 0.15) is 72.5 Å². The molecular weight excluding hydrogens is 356 g/mol. The van der Waals surface area contributed by atoms with Crippen molar-refractivity contribution in [2.24, 2.45) is 0 Å². The van der Waals surface area contributed by atoms with Crippen molar-refractivity contribution < 1.29 is 9.59 Å². The molecule has 2 aromatic rings. The Bertz CT molecular complexity index is 903. The highest BCUT2D eigenvalue weighted by molar-refractivity contribution is 5.92. The van der Waals surface area contributed by atoms with Crippen LogP contribution in [0.3, 0.4) is 0 Å². The fourth-order valence-electron chi connectivity index (χ4n) is 4.83. The topological polar surface area (TPSA) is 98.0 Å². The third kappa shape index (κ3) is 2.65. The maximum absolute atomic E-state index is 12.9. The van der Waals surface area contributed by atoms with Gasteiger partial charge in [0.15, 0.2) is 0 Å². The summed E-state index contributed by atoms with van der Waals surface area (Å²) in [6.07, 6.45) is 6.80. The van der Waals surface area contributed by atoms with E-state index in [2.05, 4.69) is 20.2 Å². The van der Waals surface area contributed by atoms with Crippen molar-refractivity contribution in [3.05, 3.63) is 35.2 Å². The number of aromatic amines is 2. The molecule has 2 amide bonds. The highest BCUT2D eigenvalue weighted by Gasteiger charge is 2.48. The average Bonchev–Trinajstić information content (AvgIpc) is 3.25. The number of carbonyl (C=O) groups is 2. The number of nitrogens with one attached hydrogen (secondary N) is 2. The average molecular weight is 382 g/mol. The molecule has 8 heteroatoms. The van der Waals surface area contributed by atoms with Crippen molar-refractivity contribution in [2.75, 3.05) is 19.6 Å². The van der Waals surface area contributed by atoms with Crippen LogP contribution in [-0.2, 0) is 16.8 Å². The first-order valence-electron chi connectivity index (χ1n) is 10.3. The smallest absolute Gasteiger partial charge is 0.274 e. The van der Waals surface area contributed by atoms with Crippen molar-refractivity contribution in [1.82, 2.24) is 30.0 Å². The Morgan fingerprint density at radius 2 is 2.04 bits per heavy atom. The lowest BCUT2D eigenvalue weighted by atomic mass is 9.78. The van der Waals surface area contributed by atoms with E-state index in [9.17, 15) is 9.59 Å². The van der Waals surface area contributed by atoms with E-state index in [1.165, 1.54) is 12.8 Å². The van der Waals surface area contributed by atoms with Gasteiger partial charge in [-0.3, -0.25) is 14.7 Å². The first kappa shape index (κ1) is 17.5. The van der Waals surface area contributed by atoms with Gasteiger partial charge < -0.3 is 14.8 Å². The molecule has 8 nitrogen and oxygen atoms in total. The van der Waals surface area contributed by atoms with E-state index >= 15 is 0 Å². The molecule has 0 aromatic carbocycles. The van der Waals surface area contributed by atoms with Gasteiger partial charge in [-0.25, -0.2) is 4.98 Å². The Kier molecular flexibility index (Phi) is 4.03. The van der Waals surface area contributed by atoms with Crippen molar-refractivity contribution >= 4 is 11.8 Å². The number of hydrogen-bond donors (Lipinski definition) is 2. The normalized spacial score (nSPS) is 21.0. The standard InChI is InChI=1S/C20H26N6O2/c1-2-17(27)26-8-5-14-18(22-12-21-14)20(26)6-9-25(10-7-20)19(28)16-11-15(23-24-16)13-3-4-13/h11-13H,2-10H2,1H3,(H,21,22)(H,23,24). The fourth-order valence-corrected chi connectivity index (χ4v) is 4.83. The molecule has 1 spiro atoms. The van der Waals surface area contributed by atoms with Crippen LogP contribution >= 0.6 is 0 Å². The molecule has 1 saturated heterocycles. The van der Waals surface area contributed by atoms with Crippen molar-refractivity contribution in [2.45, 2.75) is 56.9 Å². The van der Waals surface area contributed by atoms with E-state index in [1.54, 1.807) is 6.33 Å². The van der Waals surface area contributed by atoms with Gasteiger partial charge >= 0.3 is 0 Å². The largest absolute Gasteiger partial charge is 0.348 e. The van der Waals surface area contributed by atoms with Crippen LogP contribution in [0.25, 0.3) is 0 Å². The summed E-state index contributed by atoms with van der Waals surface area (Å²) in [7, 11) is 0. The minimum Gasteiger partial charge on any atom is -0.348 e. The zero-order chi connectivity index (χ0) is 19.3. The molecule has 1 aliphatic carbocycles. The SMILES string of the molecule is CCC(=O)N1CCc2[nH]cnc2C12CCN(C(=O)c1cc(C3CC3)[nH]n1)CC2. The molecule has 2 aromatic heterocycles. The van der Waals surface area contributed by atoms with Crippen molar-refractivity contribution in [1.29, 1.82) is 0 Å². The number of piperidine rings is 1. The molecule has 148 valence electrons. The van der Waals surface area contributed by atoms with E-state index < -0.39 is 5.54 Å². The maximum atomic E-state index is 12.9. The lowest BCUT2D eigenvalue weighted by Gasteiger charge is -2.50.